The number of halogens is 3. The molecule has 2 aromatic rings. The van der Waals surface area contributed by atoms with Crippen molar-refractivity contribution in [1.29, 1.82) is 0 Å². The summed E-state index contributed by atoms with van der Waals surface area (Å²) >= 11 is 0. The van der Waals surface area contributed by atoms with E-state index in [9.17, 15) is 18.0 Å². The first-order chi connectivity index (χ1) is 14.1. The van der Waals surface area contributed by atoms with Gasteiger partial charge >= 0.3 is 12.1 Å². The number of carboxylic acids is 1. The van der Waals surface area contributed by atoms with Crippen LogP contribution in [0.3, 0.4) is 0 Å². The number of carboxylic acid groups (broad SMARTS) is 1. The summed E-state index contributed by atoms with van der Waals surface area (Å²) in [6, 6.07) is 5.56. The minimum atomic E-state index is -5.08. The lowest BCUT2D eigenvalue weighted by Gasteiger charge is -2.50. The zero-order valence-electron chi connectivity index (χ0n) is 16.1. The SMILES string of the molecule is Cc1ccc(C(=O)N2CCC3(CCN3c3ncccn3)C2)cn1.O=C(O)C(F)(F)F. The fourth-order valence-electron chi connectivity index (χ4n) is 3.51. The van der Waals surface area contributed by atoms with Crippen molar-refractivity contribution in [3.8, 4) is 0 Å². The second-order valence-electron chi connectivity index (χ2n) is 7.14. The van der Waals surface area contributed by atoms with E-state index in [0.29, 0.717) is 5.56 Å². The van der Waals surface area contributed by atoms with Gasteiger partial charge in [0.25, 0.3) is 5.91 Å². The molecule has 0 aromatic carbocycles. The number of hydrogen-bond acceptors (Lipinski definition) is 6. The summed E-state index contributed by atoms with van der Waals surface area (Å²) in [5.41, 5.74) is 1.59. The summed E-state index contributed by atoms with van der Waals surface area (Å²) in [5.74, 6) is -1.92. The Kier molecular flexibility index (Phi) is 5.90. The minimum Gasteiger partial charge on any atom is -0.475 e. The molecular weight excluding hydrogens is 403 g/mol. The molecule has 2 aromatic heterocycles. The van der Waals surface area contributed by atoms with E-state index in [1.54, 1.807) is 18.6 Å². The number of nitrogens with zero attached hydrogens (tertiary/aromatic N) is 5. The van der Waals surface area contributed by atoms with Crippen LogP contribution in [0.15, 0.2) is 36.8 Å². The maximum Gasteiger partial charge on any atom is 0.490 e. The van der Waals surface area contributed by atoms with Gasteiger partial charge in [-0.3, -0.25) is 9.78 Å². The van der Waals surface area contributed by atoms with Crippen molar-refractivity contribution in [3.63, 3.8) is 0 Å². The van der Waals surface area contributed by atoms with Crippen molar-refractivity contribution in [2.45, 2.75) is 31.5 Å². The third kappa shape index (κ3) is 4.50. The van der Waals surface area contributed by atoms with Crippen LogP contribution in [0.1, 0.15) is 28.9 Å². The van der Waals surface area contributed by atoms with E-state index in [1.165, 1.54) is 0 Å². The number of likely N-dealkylation sites (tertiary alicyclic amines) is 1. The van der Waals surface area contributed by atoms with Gasteiger partial charge in [0.1, 0.15) is 0 Å². The van der Waals surface area contributed by atoms with Gasteiger partial charge in [-0.15, -0.1) is 0 Å². The van der Waals surface area contributed by atoms with Gasteiger partial charge in [0.15, 0.2) is 0 Å². The maximum absolute atomic E-state index is 12.7. The van der Waals surface area contributed by atoms with Crippen molar-refractivity contribution in [3.05, 3.63) is 48.0 Å². The summed E-state index contributed by atoms with van der Waals surface area (Å²) in [4.78, 5) is 38.7. The average Bonchev–Trinajstić information content (AvgIpc) is 3.16. The molecule has 0 radical (unpaired) electrons. The number of alkyl halides is 3. The Labute approximate surface area is 170 Å². The molecule has 0 aliphatic carbocycles. The first kappa shape index (κ1) is 21.5. The quantitative estimate of drug-likeness (QED) is 0.791. The highest BCUT2D eigenvalue weighted by Gasteiger charge is 2.51. The monoisotopic (exact) mass is 423 g/mol. The molecule has 0 bridgehead atoms. The van der Waals surface area contributed by atoms with Crippen LogP contribution in [-0.4, -0.2) is 68.2 Å². The number of hydrogen-bond donors (Lipinski definition) is 1. The Bertz CT molecular complexity index is 908. The molecule has 2 aliphatic rings. The lowest BCUT2D eigenvalue weighted by atomic mass is 9.84. The van der Waals surface area contributed by atoms with E-state index < -0.39 is 12.1 Å². The fraction of sp³-hybridized carbons (Fsp3) is 0.421. The molecule has 2 fully saturated rings. The van der Waals surface area contributed by atoms with Crippen LogP contribution in [0.2, 0.25) is 0 Å². The van der Waals surface area contributed by atoms with Crippen LogP contribution in [-0.2, 0) is 4.79 Å². The zero-order valence-corrected chi connectivity index (χ0v) is 16.1. The van der Waals surface area contributed by atoms with Crippen LogP contribution >= 0.6 is 0 Å². The van der Waals surface area contributed by atoms with Crippen molar-refractivity contribution in [2.75, 3.05) is 24.5 Å². The van der Waals surface area contributed by atoms with Gasteiger partial charge in [0, 0.05) is 43.9 Å². The summed E-state index contributed by atoms with van der Waals surface area (Å²) in [5, 5.41) is 7.12. The summed E-state index contributed by atoms with van der Waals surface area (Å²) in [7, 11) is 0. The van der Waals surface area contributed by atoms with Crippen LogP contribution in [0.25, 0.3) is 0 Å². The Balaban J connectivity index is 0.000000318. The topological polar surface area (TPSA) is 99.5 Å². The highest BCUT2D eigenvalue weighted by Crippen LogP contribution is 2.41. The van der Waals surface area contributed by atoms with Crippen LogP contribution in [0, 0.1) is 6.92 Å². The number of aromatic nitrogens is 3. The van der Waals surface area contributed by atoms with E-state index >= 15 is 0 Å². The molecule has 1 unspecified atom stereocenters. The number of pyridine rings is 1. The average molecular weight is 423 g/mol. The van der Waals surface area contributed by atoms with Crippen molar-refractivity contribution in [1.82, 2.24) is 19.9 Å². The molecule has 160 valence electrons. The zero-order chi connectivity index (χ0) is 21.9. The number of carbonyl (C=O) groups is 2. The normalized spacial score (nSPS) is 20.4. The molecule has 1 atom stereocenters. The van der Waals surface area contributed by atoms with E-state index in [1.807, 2.05) is 30.0 Å². The van der Waals surface area contributed by atoms with Crippen LogP contribution in [0.4, 0.5) is 19.1 Å². The van der Waals surface area contributed by atoms with Gasteiger partial charge < -0.3 is 14.9 Å². The van der Waals surface area contributed by atoms with Gasteiger partial charge in [-0.1, -0.05) is 0 Å². The standard InChI is InChI=1S/C17H19N5O.C2HF3O2/c1-13-3-4-14(11-20-13)15(23)21-9-5-17(12-21)6-10-22(17)16-18-7-2-8-19-16;3-2(4,5)1(6)7/h2-4,7-8,11H,5-6,9-10,12H2,1H3;(H,6,7). The third-order valence-corrected chi connectivity index (χ3v) is 5.19. The lowest BCUT2D eigenvalue weighted by molar-refractivity contribution is -0.192. The minimum absolute atomic E-state index is 0.00907. The largest absolute Gasteiger partial charge is 0.490 e. The second kappa shape index (κ2) is 8.25. The molecule has 30 heavy (non-hydrogen) atoms. The van der Waals surface area contributed by atoms with Gasteiger partial charge in [-0.05, 0) is 38.0 Å². The predicted octanol–water partition coefficient (Wildman–Crippen LogP) is 2.31. The molecule has 1 spiro atoms. The Morgan fingerprint density at radius 3 is 2.23 bits per heavy atom. The smallest absolute Gasteiger partial charge is 0.475 e. The highest BCUT2D eigenvalue weighted by molar-refractivity contribution is 5.94. The van der Waals surface area contributed by atoms with Gasteiger partial charge in [-0.25, -0.2) is 14.8 Å². The molecule has 4 rings (SSSR count). The van der Waals surface area contributed by atoms with E-state index in [4.69, 9.17) is 9.90 Å². The second-order valence-corrected chi connectivity index (χ2v) is 7.14. The van der Waals surface area contributed by atoms with Crippen molar-refractivity contribution in [2.24, 2.45) is 0 Å². The Hall–Kier alpha value is -3.24. The fourth-order valence-corrected chi connectivity index (χ4v) is 3.51. The van der Waals surface area contributed by atoms with E-state index in [2.05, 4.69) is 19.9 Å². The molecule has 2 aliphatic heterocycles. The van der Waals surface area contributed by atoms with E-state index in [-0.39, 0.29) is 11.4 Å². The molecule has 4 heterocycles. The van der Waals surface area contributed by atoms with Gasteiger partial charge in [0.05, 0.1) is 11.1 Å². The third-order valence-electron chi connectivity index (χ3n) is 5.19. The maximum atomic E-state index is 12.7. The molecule has 1 N–H and O–H groups in total. The number of aryl methyl sites for hydroxylation is 1. The Morgan fingerprint density at radius 2 is 1.73 bits per heavy atom. The van der Waals surface area contributed by atoms with Gasteiger partial charge in [0.2, 0.25) is 5.95 Å². The molecule has 8 nitrogen and oxygen atoms in total. The molecular formula is C19H20F3N5O3. The van der Waals surface area contributed by atoms with Crippen LogP contribution in [0.5, 0.6) is 0 Å². The van der Waals surface area contributed by atoms with Crippen LogP contribution < -0.4 is 4.90 Å². The molecule has 0 saturated carbocycles. The summed E-state index contributed by atoms with van der Waals surface area (Å²) in [6.07, 6.45) is 2.17. The van der Waals surface area contributed by atoms with E-state index in [0.717, 1.165) is 44.1 Å². The number of aliphatic carboxylic acids is 1. The summed E-state index contributed by atoms with van der Waals surface area (Å²) in [6.45, 7) is 4.39. The molecule has 1 amide bonds. The lowest BCUT2D eigenvalue weighted by Crippen LogP contribution is -2.62. The Morgan fingerprint density at radius 1 is 1.10 bits per heavy atom. The highest BCUT2D eigenvalue weighted by atomic mass is 19.4. The summed E-state index contributed by atoms with van der Waals surface area (Å²) < 4.78 is 31.7. The first-order valence-electron chi connectivity index (χ1n) is 9.19. The number of anilines is 1. The number of amides is 1. The number of carbonyl (C=O) groups excluding carboxylic acids is 1. The molecule has 11 heteroatoms. The van der Waals surface area contributed by atoms with Gasteiger partial charge in [-0.2, -0.15) is 13.2 Å². The molecule has 2 saturated heterocycles. The number of rotatable bonds is 2. The van der Waals surface area contributed by atoms with Crippen molar-refractivity contribution < 1.29 is 27.9 Å². The first-order valence-corrected chi connectivity index (χ1v) is 9.19. The predicted molar refractivity (Wildman–Crippen MR) is 99.9 cm³/mol. The van der Waals surface area contributed by atoms with Crippen molar-refractivity contribution >= 4 is 17.8 Å².